The smallest absolute Gasteiger partial charge is 0.465 e. The SMILES string of the molecule is N=C(N)c1ccc(CCOC(=O)C2CCCN=C2OC(=O)OCc2ccccc2)cn1. The van der Waals surface area contributed by atoms with Gasteiger partial charge in [-0.3, -0.25) is 20.2 Å². The average molecular weight is 424 g/mol. The van der Waals surface area contributed by atoms with Crippen molar-refractivity contribution in [1.29, 1.82) is 5.41 Å². The van der Waals surface area contributed by atoms with Gasteiger partial charge in [0.2, 0.25) is 5.90 Å². The van der Waals surface area contributed by atoms with E-state index < -0.39 is 18.0 Å². The van der Waals surface area contributed by atoms with Gasteiger partial charge in [-0.15, -0.1) is 0 Å². The van der Waals surface area contributed by atoms with Gasteiger partial charge in [-0.25, -0.2) is 4.79 Å². The lowest BCUT2D eigenvalue weighted by Gasteiger charge is -2.20. The van der Waals surface area contributed by atoms with Crippen LogP contribution < -0.4 is 5.73 Å². The van der Waals surface area contributed by atoms with Crippen LogP contribution in [0.4, 0.5) is 4.79 Å². The minimum absolute atomic E-state index is 0.0294. The quantitative estimate of drug-likeness (QED) is 0.396. The number of aromatic nitrogens is 1. The number of ether oxygens (including phenoxy) is 3. The summed E-state index contributed by atoms with van der Waals surface area (Å²) in [6, 6.07) is 12.6. The lowest BCUT2D eigenvalue weighted by molar-refractivity contribution is -0.146. The first kappa shape index (κ1) is 21.9. The van der Waals surface area contributed by atoms with Crippen molar-refractivity contribution in [3.05, 3.63) is 65.5 Å². The Morgan fingerprint density at radius 2 is 1.90 bits per heavy atom. The lowest BCUT2D eigenvalue weighted by Crippen LogP contribution is -2.33. The second-order valence-electron chi connectivity index (χ2n) is 6.92. The van der Waals surface area contributed by atoms with Crippen molar-refractivity contribution in [2.45, 2.75) is 25.9 Å². The summed E-state index contributed by atoms with van der Waals surface area (Å²) < 4.78 is 15.6. The summed E-state index contributed by atoms with van der Waals surface area (Å²) in [7, 11) is 0. The number of pyridine rings is 1. The molecule has 3 N–H and O–H groups in total. The first-order chi connectivity index (χ1) is 15.0. The van der Waals surface area contributed by atoms with Gasteiger partial charge in [-0.2, -0.15) is 0 Å². The van der Waals surface area contributed by atoms with Crippen LogP contribution in [0.1, 0.15) is 29.7 Å². The number of aliphatic imine (C=N–C) groups is 1. The Hall–Kier alpha value is -3.75. The molecule has 0 fully saturated rings. The van der Waals surface area contributed by atoms with E-state index in [0.717, 1.165) is 11.1 Å². The number of nitrogen functional groups attached to an aromatic ring is 1. The summed E-state index contributed by atoms with van der Waals surface area (Å²) >= 11 is 0. The molecule has 1 aromatic heterocycles. The third kappa shape index (κ3) is 6.63. The van der Waals surface area contributed by atoms with E-state index in [2.05, 4.69) is 9.98 Å². The molecular weight excluding hydrogens is 400 g/mol. The van der Waals surface area contributed by atoms with E-state index in [1.807, 2.05) is 30.3 Å². The summed E-state index contributed by atoms with van der Waals surface area (Å²) in [4.78, 5) is 32.8. The second kappa shape index (κ2) is 10.9. The van der Waals surface area contributed by atoms with Crippen LogP contribution in [0.15, 0.2) is 53.7 Å². The van der Waals surface area contributed by atoms with Crippen molar-refractivity contribution in [2.75, 3.05) is 13.2 Å². The average Bonchev–Trinajstić information content (AvgIpc) is 2.79. The third-order valence-electron chi connectivity index (χ3n) is 4.62. The number of esters is 1. The number of nitrogens with two attached hydrogens (primary N) is 1. The predicted molar refractivity (Wildman–Crippen MR) is 113 cm³/mol. The fourth-order valence-electron chi connectivity index (χ4n) is 2.97. The maximum Gasteiger partial charge on any atom is 0.515 e. The van der Waals surface area contributed by atoms with E-state index in [1.54, 1.807) is 18.3 Å². The highest BCUT2D eigenvalue weighted by Gasteiger charge is 2.31. The predicted octanol–water partition coefficient (Wildman–Crippen LogP) is 2.61. The standard InChI is InChI=1S/C22H24N4O5/c23-19(24)18-9-8-15(13-26-18)10-12-29-21(27)17-7-4-11-25-20(17)31-22(28)30-14-16-5-2-1-3-6-16/h1-3,5-6,8-9,13,17H,4,7,10-12,14H2,(H3,23,24). The van der Waals surface area contributed by atoms with Crippen LogP contribution in [0.25, 0.3) is 0 Å². The van der Waals surface area contributed by atoms with Crippen LogP contribution in [-0.4, -0.2) is 42.0 Å². The number of benzene rings is 1. The molecule has 9 nitrogen and oxygen atoms in total. The molecule has 2 heterocycles. The van der Waals surface area contributed by atoms with Gasteiger partial charge in [-0.1, -0.05) is 36.4 Å². The van der Waals surface area contributed by atoms with Crippen LogP contribution in [-0.2, 0) is 32.0 Å². The van der Waals surface area contributed by atoms with Crippen LogP contribution in [0, 0.1) is 11.3 Å². The zero-order chi connectivity index (χ0) is 22.1. The summed E-state index contributed by atoms with van der Waals surface area (Å²) in [5.41, 5.74) is 7.44. The van der Waals surface area contributed by atoms with Crippen LogP contribution in [0.5, 0.6) is 0 Å². The topological polar surface area (TPSA) is 137 Å². The first-order valence-corrected chi connectivity index (χ1v) is 9.92. The number of carbonyl (C=O) groups excluding carboxylic acids is 2. The van der Waals surface area contributed by atoms with Gasteiger partial charge in [0.25, 0.3) is 0 Å². The number of nitrogens with one attached hydrogen (secondary N) is 1. The molecule has 1 unspecified atom stereocenters. The van der Waals surface area contributed by atoms with Gasteiger partial charge in [-0.05, 0) is 30.0 Å². The van der Waals surface area contributed by atoms with E-state index in [1.165, 1.54) is 0 Å². The van der Waals surface area contributed by atoms with Crippen molar-refractivity contribution < 1.29 is 23.8 Å². The van der Waals surface area contributed by atoms with Gasteiger partial charge in [0, 0.05) is 19.2 Å². The highest BCUT2D eigenvalue weighted by molar-refractivity contribution is 6.01. The monoisotopic (exact) mass is 424 g/mol. The first-order valence-electron chi connectivity index (χ1n) is 9.92. The van der Waals surface area contributed by atoms with Crippen molar-refractivity contribution in [3.63, 3.8) is 0 Å². The molecular formula is C22H24N4O5. The van der Waals surface area contributed by atoms with Crippen LogP contribution >= 0.6 is 0 Å². The van der Waals surface area contributed by atoms with Gasteiger partial charge in [0.1, 0.15) is 24.1 Å². The molecule has 1 atom stereocenters. The van der Waals surface area contributed by atoms with E-state index in [0.29, 0.717) is 31.5 Å². The molecule has 0 saturated carbocycles. The van der Waals surface area contributed by atoms with Gasteiger partial charge in [0.05, 0.1) is 6.61 Å². The molecule has 2 aromatic rings. The minimum atomic E-state index is -0.904. The normalized spacial score (nSPS) is 15.5. The van der Waals surface area contributed by atoms with E-state index in [4.69, 9.17) is 25.4 Å². The zero-order valence-electron chi connectivity index (χ0n) is 17.0. The van der Waals surface area contributed by atoms with Crippen LogP contribution in [0.3, 0.4) is 0 Å². The number of hydrogen-bond acceptors (Lipinski definition) is 8. The summed E-state index contributed by atoms with van der Waals surface area (Å²) in [5, 5.41) is 7.34. The molecule has 0 saturated heterocycles. The van der Waals surface area contributed by atoms with Crippen molar-refractivity contribution >= 4 is 23.9 Å². The van der Waals surface area contributed by atoms with E-state index in [9.17, 15) is 9.59 Å². The van der Waals surface area contributed by atoms with Gasteiger partial charge < -0.3 is 19.9 Å². The van der Waals surface area contributed by atoms with Crippen molar-refractivity contribution in [1.82, 2.24) is 4.98 Å². The zero-order valence-corrected chi connectivity index (χ0v) is 17.0. The number of amidine groups is 1. The minimum Gasteiger partial charge on any atom is -0.465 e. The molecule has 0 radical (unpaired) electrons. The number of carbonyl (C=O) groups is 2. The van der Waals surface area contributed by atoms with Crippen molar-refractivity contribution in [2.24, 2.45) is 16.6 Å². The largest absolute Gasteiger partial charge is 0.515 e. The maximum atomic E-state index is 12.5. The molecule has 0 aliphatic carbocycles. The lowest BCUT2D eigenvalue weighted by atomic mass is 10.0. The molecule has 1 aliphatic heterocycles. The van der Waals surface area contributed by atoms with Crippen LogP contribution in [0.2, 0.25) is 0 Å². The van der Waals surface area contributed by atoms with Crippen molar-refractivity contribution in [3.8, 4) is 0 Å². The Balaban J connectivity index is 1.47. The molecule has 0 spiro atoms. The second-order valence-corrected chi connectivity index (χ2v) is 6.92. The molecule has 1 aliphatic rings. The molecule has 162 valence electrons. The molecule has 31 heavy (non-hydrogen) atoms. The molecule has 0 bridgehead atoms. The Morgan fingerprint density at radius 3 is 2.61 bits per heavy atom. The Kier molecular flexibility index (Phi) is 7.69. The highest BCUT2D eigenvalue weighted by atomic mass is 16.7. The van der Waals surface area contributed by atoms with Gasteiger partial charge in [0.15, 0.2) is 0 Å². The molecule has 1 aromatic carbocycles. The highest BCUT2D eigenvalue weighted by Crippen LogP contribution is 2.18. The third-order valence-corrected chi connectivity index (χ3v) is 4.62. The summed E-state index contributed by atoms with van der Waals surface area (Å²) in [6.07, 6.45) is 2.32. The molecule has 3 rings (SSSR count). The Labute approximate surface area is 179 Å². The maximum absolute atomic E-state index is 12.5. The molecule has 9 heteroatoms. The number of nitrogens with zero attached hydrogens (tertiary/aromatic N) is 2. The fraction of sp³-hybridized carbons (Fsp3) is 0.318. The summed E-state index contributed by atoms with van der Waals surface area (Å²) in [6.45, 7) is 0.680. The number of rotatable bonds is 7. The number of hydrogen-bond donors (Lipinski definition) is 2. The Bertz CT molecular complexity index is 944. The van der Waals surface area contributed by atoms with Gasteiger partial charge >= 0.3 is 12.1 Å². The van der Waals surface area contributed by atoms with E-state index >= 15 is 0 Å². The van der Waals surface area contributed by atoms with E-state index in [-0.39, 0.29) is 24.9 Å². The molecule has 0 amide bonds. The fourth-order valence-corrected chi connectivity index (χ4v) is 2.97. The Morgan fingerprint density at radius 1 is 1.10 bits per heavy atom. The summed E-state index contributed by atoms with van der Waals surface area (Å²) in [5.74, 6) is -1.31.